The quantitative estimate of drug-likeness (QED) is 0.590. The Hall–Kier alpha value is -3.12. The summed E-state index contributed by atoms with van der Waals surface area (Å²) in [6, 6.07) is 15.1. The zero-order valence-corrected chi connectivity index (χ0v) is 17.4. The van der Waals surface area contributed by atoms with Gasteiger partial charge in [-0.05, 0) is 75.2 Å². The predicted octanol–water partition coefficient (Wildman–Crippen LogP) is 4.81. The van der Waals surface area contributed by atoms with Gasteiger partial charge in [-0.25, -0.2) is 0 Å². The number of carbonyl (C=O) groups excluding carboxylic acids is 1. The molecule has 156 valence electrons. The van der Waals surface area contributed by atoms with Crippen molar-refractivity contribution in [3.05, 3.63) is 54.2 Å². The Morgan fingerprint density at radius 2 is 1.97 bits per heavy atom. The molecule has 1 aliphatic rings. The van der Waals surface area contributed by atoms with Gasteiger partial charge in [-0.3, -0.25) is 9.78 Å². The van der Waals surface area contributed by atoms with Gasteiger partial charge in [0.15, 0.2) is 0 Å². The fourth-order valence-corrected chi connectivity index (χ4v) is 3.57. The lowest BCUT2D eigenvalue weighted by molar-refractivity contribution is -0.117. The number of ether oxygens (including phenoxy) is 2. The summed E-state index contributed by atoms with van der Waals surface area (Å²) in [6.45, 7) is 5.61. The number of benzene rings is 2. The largest absolute Gasteiger partial charge is 0.493 e. The molecule has 0 spiro atoms. The van der Waals surface area contributed by atoms with E-state index < -0.39 is 0 Å². The van der Waals surface area contributed by atoms with Crippen LogP contribution in [0.4, 0.5) is 5.69 Å². The summed E-state index contributed by atoms with van der Waals surface area (Å²) in [6.07, 6.45) is 2.86. The van der Waals surface area contributed by atoms with E-state index in [4.69, 9.17) is 9.47 Å². The van der Waals surface area contributed by atoms with E-state index in [2.05, 4.69) is 22.5 Å². The summed E-state index contributed by atoms with van der Waals surface area (Å²) in [7, 11) is 0. The smallest absolute Gasteiger partial charge is 0.241 e. The summed E-state index contributed by atoms with van der Waals surface area (Å²) in [5, 5.41) is 7.08. The minimum Gasteiger partial charge on any atom is -0.493 e. The number of anilines is 1. The first-order chi connectivity index (χ1) is 14.6. The second kappa shape index (κ2) is 9.13. The van der Waals surface area contributed by atoms with Crippen LogP contribution in [0.5, 0.6) is 17.2 Å². The number of aromatic nitrogens is 1. The van der Waals surface area contributed by atoms with Gasteiger partial charge < -0.3 is 20.1 Å². The van der Waals surface area contributed by atoms with Crippen molar-refractivity contribution in [2.45, 2.75) is 39.2 Å². The lowest BCUT2D eigenvalue weighted by Crippen LogP contribution is -2.35. The molecule has 2 N–H and O–H groups in total. The van der Waals surface area contributed by atoms with Crippen LogP contribution in [-0.2, 0) is 4.79 Å². The molecule has 0 aliphatic carbocycles. The van der Waals surface area contributed by atoms with Gasteiger partial charge in [0.1, 0.15) is 17.2 Å². The van der Waals surface area contributed by atoms with Crippen molar-refractivity contribution in [1.82, 2.24) is 10.3 Å². The van der Waals surface area contributed by atoms with Gasteiger partial charge in [-0.2, -0.15) is 0 Å². The zero-order chi connectivity index (χ0) is 20.9. The SMILES string of the molecule is CCCOc1cc(C)nc2ccc(Oc3ccc(NC(=O)[C@@H]4CCCN4)cc3)cc12. The number of fused-ring (bicyclic) bond motifs is 1. The van der Waals surface area contributed by atoms with Crippen LogP contribution in [0.15, 0.2) is 48.5 Å². The molecule has 1 amide bonds. The minimum absolute atomic E-state index is 0.0121. The van der Waals surface area contributed by atoms with Gasteiger partial charge in [-0.15, -0.1) is 0 Å². The molecular formula is C24H27N3O3. The van der Waals surface area contributed by atoms with E-state index in [0.717, 1.165) is 53.8 Å². The summed E-state index contributed by atoms with van der Waals surface area (Å²) in [5.74, 6) is 2.24. The molecule has 30 heavy (non-hydrogen) atoms. The second-order valence-electron chi connectivity index (χ2n) is 7.55. The zero-order valence-electron chi connectivity index (χ0n) is 17.4. The fourth-order valence-electron chi connectivity index (χ4n) is 3.57. The molecule has 0 unspecified atom stereocenters. The van der Waals surface area contributed by atoms with Gasteiger partial charge in [-0.1, -0.05) is 6.92 Å². The molecule has 6 heteroatoms. The molecule has 1 aliphatic heterocycles. The van der Waals surface area contributed by atoms with Crippen LogP contribution in [-0.4, -0.2) is 30.1 Å². The Kier molecular flexibility index (Phi) is 6.14. The molecule has 6 nitrogen and oxygen atoms in total. The van der Waals surface area contributed by atoms with Gasteiger partial charge in [0.25, 0.3) is 0 Å². The molecule has 3 aromatic rings. The molecule has 1 aromatic heterocycles. The van der Waals surface area contributed by atoms with E-state index in [1.54, 1.807) is 0 Å². The summed E-state index contributed by atoms with van der Waals surface area (Å²) in [5.41, 5.74) is 2.56. The van der Waals surface area contributed by atoms with Crippen LogP contribution in [0.1, 0.15) is 31.9 Å². The van der Waals surface area contributed by atoms with Gasteiger partial charge >= 0.3 is 0 Å². The topological polar surface area (TPSA) is 72.5 Å². The van der Waals surface area contributed by atoms with E-state index in [-0.39, 0.29) is 11.9 Å². The molecule has 2 aromatic carbocycles. The van der Waals surface area contributed by atoms with Crippen molar-refractivity contribution < 1.29 is 14.3 Å². The molecule has 0 radical (unpaired) electrons. The van der Waals surface area contributed by atoms with E-state index in [9.17, 15) is 4.79 Å². The predicted molar refractivity (Wildman–Crippen MR) is 118 cm³/mol. The number of carbonyl (C=O) groups is 1. The highest BCUT2D eigenvalue weighted by Crippen LogP contribution is 2.31. The summed E-state index contributed by atoms with van der Waals surface area (Å²) >= 11 is 0. The van der Waals surface area contributed by atoms with E-state index in [1.165, 1.54) is 0 Å². The maximum absolute atomic E-state index is 12.2. The number of nitrogens with one attached hydrogen (secondary N) is 2. The first-order valence-electron chi connectivity index (χ1n) is 10.5. The van der Waals surface area contributed by atoms with Crippen molar-refractivity contribution in [3.8, 4) is 17.2 Å². The van der Waals surface area contributed by atoms with Crippen LogP contribution >= 0.6 is 0 Å². The second-order valence-corrected chi connectivity index (χ2v) is 7.55. The van der Waals surface area contributed by atoms with Crippen molar-refractivity contribution in [2.75, 3.05) is 18.5 Å². The van der Waals surface area contributed by atoms with Crippen LogP contribution in [0.2, 0.25) is 0 Å². The molecule has 1 saturated heterocycles. The average Bonchev–Trinajstić information content (AvgIpc) is 3.29. The van der Waals surface area contributed by atoms with E-state index >= 15 is 0 Å². The lowest BCUT2D eigenvalue weighted by atomic mass is 10.1. The number of hydrogen-bond donors (Lipinski definition) is 2. The average molecular weight is 405 g/mol. The van der Waals surface area contributed by atoms with Gasteiger partial charge in [0.05, 0.1) is 18.2 Å². The highest BCUT2D eigenvalue weighted by molar-refractivity contribution is 5.95. The first-order valence-corrected chi connectivity index (χ1v) is 10.5. The normalized spacial score (nSPS) is 15.9. The summed E-state index contributed by atoms with van der Waals surface area (Å²) < 4.78 is 11.9. The van der Waals surface area contributed by atoms with Crippen molar-refractivity contribution in [3.63, 3.8) is 0 Å². The third-order valence-corrected chi connectivity index (χ3v) is 5.07. The number of nitrogens with zero attached hydrogens (tertiary/aromatic N) is 1. The monoisotopic (exact) mass is 405 g/mol. The number of aryl methyl sites for hydroxylation is 1. The van der Waals surface area contributed by atoms with Gasteiger partial charge in [0.2, 0.25) is 5.91 Å². The van der Waals surface area contributed by atoms with Crippen LogP contribution in [0.3, 0.4) is 0 Å². The van der Waals surface area contributed by atoms with Crippen LogP contribution in [0, 0.1) is 6.92 Å². The Labute approximate surface area is 176 Å². The maximum Gasteiger partial charge on any atom is 0.241 e. The molecule has 0 saturated carbocycles. The highest BCUT2D eigenvalue weighted by Gasteiger charge is 2.21. The lowest BCUT2D eigenvalue weighted by Gasteiger charge is -2.13. The third kappa shape index (κ3) is 4.71. The molecule has 4 rings (SSSR count). The standard InChI is InChI=1S/C24H27N3O3/c1-3-13-29-23-14-16(2)26-21-11-10-19(15-20(21)23)30-18-8-6-17(7-9-18)27-24(28)22-5-4-12-25-22/h6-11,14-15,22,25H,3-5,12-13H2,1-2H3,(H,27,28)/t22-/m0/s1. The Morgan fingerprint density at radius 3 is 2.70 bits per heavy atom. The first kappa shape index (κ1) is 20.2. The molecule has 0 bridgehead atoms. The molecule has 2 heterocycles. The van der Waals surface area contributed by atoms with Crippen molar-refractivity contribution >= 4 is 22.5 Å². The fraction of sp³-hybridized carbons (Fsp3) is 0.333. The molecule has 1 atom stereocenters. The van der Waals surface area contributed by atoms with Crippen molar-refractivity contribution in [2.24, 2.45) is 0 Å². The number of hydrogen-bond acceptors (Lipinski definition) is 5. The van der Waals surface area contributed by atoms with Crippen molar-refractivity contribution in [1.29, 1.82) is 0 Å². The Bertz CT molecular complexity index is 1030. The number of pyridine rings is 1. The number of amides is 1. The number of rotatable bonds is 7. The third-order valence-electron chi connectivity index (χ3n) is 5.07. The van der Waals surface area contributed by atoms with E-state index in [1.807, 2.05) is 55.5 Å². The minimum atomic E-state index is -0.0973. The van der Waals surface area contributed by atoms with E-state index in [0.29, 0.717) is 18.1 Å². The maximum atomic E-state index is 12.2. The molecular weight excluding hydrogens is 378 g/mol. The Balaban J connectivity index is 1.48. The molecule has 1 fully saturated rings. The van der Waals surface area contributed by atoms with Crippen LogP contribution < -0.4 is 20.1 Å². The van der Waals surface area contributed by atoms with Crippen LogP contribution in [0.25, 0.3) is 10.9 Å². The highest BCUT2D eigenvalue weighted by atomic mass is 16.5. The summed E-state index contributed by atoms with van der Waals surface area (Å²) in [4.78, 5) is 16.8. The van der Waals surface area contributed by atoms with Gasteiger partial charge in [0, 0.05) is 22.8 Å². The Morgan fingerprint density at radius 1 is 1.17 bits per heavy atom.